The van der Waals surface area contributed by atoms with Gasteiger partial charge in [-0.25, -0.2) is 4.98 Å². The molecule has 1 aliphatic carbocycles. The Morgan fingerprint density at radius 1 is 1.48 bits per heavy atom. The number of nitrogens with one attached hydrogen (secondary N) is 1. The van der Waals surface area contributed by atoms with Crippen LogP contribution in [0.1, 0.15) is 56.1 Å². The van der Waals surface area contributed by atoms with Gasteiger partial charge in [0.15, 0.2) is 0 Å². The first-order valence-electron chi connectivity index (χ1n) is 7.44. The molecule has 0 unspecified atom stereocenters. The van der Waals surface area contributed by atoms with Crippen LogP contribution in [0.15, 0.2) is 17.0 Å². The number of imidazole rings is 1. The minimum absolute atomic E-state index is 0.341. The minimum Gasteiger partial charge on any atom is -0.367 e. The fourth-order valence-corrected chi connectivity index (χ4v) is 2.95. The second-order valence-corrected chi connectivity index (χ2v) is 5.48. The van der Waals surface area contributed by atoms with E-state index in [-0.39, 0.29) is 11.6 Å². The number of H-pyrrole nitrogens is 1. The van der Waals surface area contributed by atoms with Crippen LogP contribution in [-0.2, 0) is 16.8 Å². The zero-order chi connectivity index (χ0) is 14.7. The van der Waals surface area contributed by atoms with Crippen LogP contribution >= 0.6 is 0 Å². The third-order valence-corrected chi connectivity index (χ3v) is 3.99. The summed E-state index contributed by atoms with van der Waals surface area (Å²) in [5.41, 5.74) is 6.69. The molecular formula is C14H21N5O2. The summed E-state index contributed by atoms with van der Waals surface area (Å²) in [6, 6.07) is -0.341. The van der Waals surface area contributed by atoms with Gasteiger partial charge in [0.05, 0.1) is 12.4 Å². The van der Waals surface area contributed by atoms with Gasteiger partial charge >= 0.3 is 0 Å². The number of nitrogens with zero attached hydrogens (tertiary/aromatic N) is 3. The van der Waals surface area contributed by atoms with Gasteiger partial charge in [0, 0.05) is 24.9 Å². The van der Waals surface area contributed by atoms with Crippen molar-refractivity contribution in [3.63, 3.8) is 0 Å². The summed E-state index contributed by atoms with van der Waals surface area (Å²) in [6.07, 6.45) is 8.10. The molecule has 1 atom stereocenters. The highest BCUT2D eigenvalue weighted by Crippen LogP contribution is 2.40. The van der Waals surface area contributed by atoms with Gasteiger partial charge in [-0.2, -0.15) is 4.98 Å². The summed E-state index contributed by atoms with van der Waals surface area (Å²) in [5, 5.41) is 4.12. The number of ether oxygens (including phenoxy) is 1. The molecule has 7 heteroatoms. The highest BCUT2D eigenvalue weighted by Gasteiger charge is 2.41. The summed E-state index contributed by atoms with van der Waals surface area (Å²) in [4.78, 5) is 11.5. The molecule has 0 spiro atoms. The molecule has 114 valence electrons. The quantitative estimate of drug-likeness (QED) is 0.841. The molecule has 2 heterocycles. The maximum Gasteiger partial charge on any atom is 0.244 e. The molecule has 7 nitrogen and oxygen atoms in total. The first-order valence-corrected chi connectivity index (χ1v) is 7.44. The largest absolute Gasteiger partial charge is 0.367 e. The Morgan fingerprint density at radius 2 is 2.29 bits per heavy atom. The van der Waals surface area contributed by atoms with E-state index >= 15 is 0 Å². The Morgan fingerprint density at radius 3 is 2.95 bits per heavy atom. The van der Waals surface area contributed by atoms with Crippen LogP contribution < -0.4 is 5.73 Å². The van der Waals surface area contributed by atoms with Gasteiger partial charge in [-0.05, 0) is 32.6 Å². The van der Waals surface area contributed by atoms with Gasteiger partial charge in [-0.3, -0.25) is 0 Å². The Balaban J connectivity index is 1.75. The maximum atomic E-state index is 6.13. The summed E-state index contributed by atoms with van der Waals surface area (Å²) in [6.45, 7) is 2.63. The van der Waals surface area contributed by atoms with Crippen LogP contribution in [0.25, 0.3) is 0 Å². The predicted octanol–water partition coefficient (Wildman–Crippen LogP) is 1.84. The number of aromatic amines is 1. The molecule has 0 radical (unpaired) electrons. The number of hydrogen-bond acceptors (Lipinski definition) is 6. The van der Waals surface area contributed by atoms with Crippen molar-refractivity contribution in [2.24, 2.45) is 5.73 Å². The van der Waals surface area contributed by atoms with E-state index in [4.69, 9.17) is 15.0 Å². The van der Waals surface area contributed by atoms with E-state index < -0.39 is 0 Å². The van der Waals surface area contributed by atoms with Crippen molar-refractivity contribution in [2.45, 2.75) is 50.7 Å². The van der Waals surface area contributed by atoms with E-state index in [0.29, 0.717) is 24.7 Å². The molecule has 2 aromatic rings. The summed E-state index contributed by atoms with van der Waals surface area (Å²) in [5.74, 6) is 1.09. The van der Waals surface area contributed by atoms with Gasteiger partial charge in [0.2, 0.25) is 11.7 Å². The Bertz CT molecular complexity index is 560. The number of rotatable bonds is 6. The third-order valence-electron chi connectivity index (χ3n) is 3.99. The molecule has 3 rings (SSSR count). The van der Waals surface area contributed by atoms with Crippen molar-refractivity contribution in [3.8, 4) is 0 Å². The molecule has 1 aliphatic rings. The van der Waals surface area contributed by atoms with E-state index in [0.717, 1.165) is 31.4 Å². The summed E-state index contributed by atoms with van der Waals surface area (Å²) >= 11 is 0. The fraction of sp³-hybridized carbons (Fsp3) is 0.643. The lowest BCUT2D eigenvalue weighted by Gasteiger charge is -2.24. The average Bonchev–Trinajstić information content (AvgIpc) is 3.20. The summed E-state index contributed by atoms with van der Waals surface area (Å²) < 4.78 is 11.3. The van der Waals surface area contributed by atoms with Gasteiger partial charge in [0.25, 0.3) is 0 Å². The van der Waals surface area contributed by atoms with Crippen LogP contribution in [0.4, 0.5) is 0 Å². The molecule has 2 aromatic heterocycles. The predicted molar refractivity (Wildman–Crippen MR) is 75.3 cm³/mol. The van der Waals surface area contributed by atoms with Crippen LogP contribution in [0.3, 0.4) is 0 Å². The molecule has 1 saturated carbocycles. The number of nitrogens with two attached hydrogens (primary N) is 1. The van der Waals surface area contributed by atoms with Crippen molar-refractivity contribution in [1.82, 2.24) is 20.1 Å². The highest BCUT2D eigenvalue weighted by atomic mass is 16.5. The fourth-order valence-electron chi connectivity index (χ4n) is 2.95. The Hall–Kier alpha value is -1.73. The lowest BCUT2D eigenvalue weighted by Crippen LogP contribution is -2.28. The van der Waals surface area contributed by atoms with Crippen LogP contribution in [0.5, 0.6) is 0 Å². The van der Waals surface area contributed by atoms with E-state index in [2.05, 4.69) is 20.1 Å². The summed E-state index contributed by atoms with van der Waals surface area (Å²) in [7, 11) is 0. The van der Waals surface area contributed by atoms with Gasteiger partial charge < -0.3 is 20.0 Å². The molecule has 0 saturated heterocycles. The normalized spacial score (nSPS) is 19.0. The molecule has 1 fully saturated rings. The topological polar surface area (TPSA) is 103 Å². The van der Waals surface area contributed by atoms with Crippen molar-refractivity contribution >= 4 is 0 Å². The van der Waals surface area contributed by atoms with Crippen LogP contribution in [-0.4, -0.2) is 26.7 Å². The smallest absolute Gasteiger partial charge is 0.244 e. The molecule has 3 N–H and O–H groups in total. The molecule has 0 aliphatic heterocycles. The van der Waals surface area contributed by atoms with Gasteiger partial charge in [0.1, 0.15) is 5.60 Å². The zero-order valence-corrected chi connectivity index (χ0v) is 12.2. The molecular weight excluding hydrogens is 270 g/mol. The molecule has 0 aromatic carbocycles. The second-order valence-electron chi connectivity index (χ2n) is 5.48. The van der Waals surface area contributed by atoms with E-state index in [1.807, 2.05) is 6.92 Å². The lowest BCUT2D eigenvalue weighted by atomic mass is 10.0. The highest BCUT2D eigenvalue weighted by molar-refractivity contribution is 5.07. The van der Waals surface area contributed by atoms with Crippen LogP contribution in [0.2, 0.25) is 0 Å². The zero-order valence-electron chi connectivity index (χ0n) is 12.2. The standard InChI is InChI=1S/C14H21N5O2/c1-2-20-14(5-3-4-6-14)13-18-12(21-19-13)11(15)7-10-8-16-9-17-10/h8-9,11H,2-7,15H2,1H3,(H,16,17)/t11-/m1/s1. The first-order chi connectivity index (χ1) is 10.2. The Kier molecular flexibility index (Phi) is 4.03. The number of hydrogen-bond donors (Lipinski definition) is 2. The maximum absolute atomic E-state index is 6.13. The van der Waals surface area contributed by atoms with Gasteiger partial charge in [-0.1, -0.05) is 5.16 Å². The number of aromatic nitrogens is 4. The van der Waals surface area contributed by atoms with E-state index in [1.54, 1.807) is 12.5 Å². The third kappa shape index (κ3) is 2.84. The SMILES string of the molecule is CCOC1(c2noc([C@H](N)Cc3cnc[nH]3)n2)CCCC1. The first kappa shape index (κ1) is 14.2. The van der Waals surface area contributed by atoms with Crippen molar-refractivity contribution in [2.75, 3.05) is 6.61 Å². The monoisotopic (exact) mass is 291 g/mol. The minimum atomic E-state index is -0.385. The molecule has 21 heavy (non-hydrogen) atoms. The molecule has 0 bridgehead atoms. The Labute approximate surface area is 123 Å². The van der Waals surface area contributed by atoms with Crippen molar-refractivity contribution < 1.29 is 9.26 Å². The van der Waals surface area contributed by atoms with Crippen molar-refractivity contribution in [3.05, 3.63) is 29.9 Å². The van der Waals surface area contributed by atoms with Gasteiger partial charge in [-0.15, -0.1) is 0 Å². The van der Waals surface area contributed by atoms with E-state index in [1.165, 1.54) is 0 Å². The van der Waals surface area contributed by atoms with Crippen molar-refractivity contribution in [1.29, 1.82) is 0 Å². The second kappa shape index (κ2) is 5.95. The lowest BCUT2D eigenvalue weighted by molar-refractivity contribution is -0.0469. The van der Waals surface area contributed by atoms with Crippen LogP contribution in [0, 0.1) is 0 Å². The molecule has 0 amide bonds. The van der Waals surface area contributed by atoms with E-state index in [9.17, 15) is 0 Å². The average molecular weight is 291 g/mol.